The highest BCUT2D eigenvalue weighted by Crippen LogP contribution is 2.42. The Morgan fingerprint density at radius 2 is 1.90 bits per heavy atom. The number of hydrogen-bond acceptors (Lipinski definition) is 5. The van der Waals surface area contributed by atoms with Gasteiger partial charge in [-0.15, -0.1) is 0 Å². The Kier molecular flexibility index (Phi) is 6.03. The highest BCUT2D eigenvalue weighted by Gasteiger charge is 2.52. The number of aliphatic hydroxyl groups is 1. The maximum absolute atomic E-state index is 13.0. The third-order valence-corrected chi connectivity index (χ3v) is 6.27. The lowest BCUT2D eigenvalue weighted by molar-refractivity contribution is -0.154. The van der Waals surface area contributed by atoms with Gasteiger partial charge in [0.15, 0.2) is 0 Å². The minimum Gasteiger partial charge on any atom is -0.496 e. The van der Waals surface area contributed by atoms with Crippen molar-refractivity contribution >= 4 is 5.91 Å². The Labute approximate surface area is 176 Å². The van der Waals surface area contributed by atoms with Crippen LogP contribution in [0.5, 0.6) is 5.75 Å². The highest BCUT2D eigenvalue weighted by molar-refractivity contribution is 5.82. The first kappa shape index (κ1) is 20.4. The Hall–Kier alpha value is -2.88. The third-order valence-electron chi connectivity index (χ3n) is 6.27. The first-order valence-corrected chi connectivity index (χ1v) is 10.3. The van der Waals surface area contributed by atoms with E-state index in [1.807, 2.05) is 48.5 Å². The Bertz CT molecular complexity index is 931. The lowest BCUT2D eigenvalue weighted by atomic mass is 9.74. The van der Waals surface area contributed by atoms with Gasteiger partial charge in [-0.1, -0.05) is 42.5 Å². The van der Waals surface area contributed by atoms with Crippen molar-refractivity contribution in [2.75, 3.05) is 26.9 Å². The summed E-state index contributed by atoms with van der Waals surface area (Å²) < 4.78 is 10.8. The molecule has 6 nitrogen and oxygen atoms in total. The van der Waals surface area contributed by atoms with Crippen molar-refractivity contribution in [3.05, 3.63) is 54.1 Å². The van der Waals surface area contributed by atoms with Crippen LogP contribution in [-0.2, 0) is 9.53 Å². The average molecular weight is 406 g/mol. The molecule has 2 fully saturated rings. The normalized spacial score (nSPS) is 24.0. The Morgan fingerprint density at radius 1 is 1.20 bits per heavy atom. The number of hydrogen-bond donors (Lipinski definition) is 1. The van der Waals surface area contributed by atoms with E-state index in [2.05, 4.69) is 6.07 Å². The van der Waals surface area contributed by atoms with Crippen molar-refractivity contribution < 1.29 is 19.4 Å². The predicted molar refractivity (Wildman–Crippen MR) is 112 cm³/mol. The molecule has 0 bridgehead atoms. The van der Waals surface area contributed by atoms with Crippen LogP contribution in [0, 0.1) is 17.2 Å². The summed E-state index contributed by atoms with van der Waals surface area (Å²) in [6, 6.07) is 17.1. The monoisotopic (exact) mass is 406 g/mol. The molecular weight excluding hydrogens is 380 g/mol. The van der Waals surface area contributed by atoms with Crippen LogP contribution in [0.15, 0.2) is 48.5 Å². The molecule has 0 aromatic heterocycles. The standard InChI is InChI=1S/C24H26N2O4/c1-29-22-5-3-2-4-19(22)16-6-8-17(9-7-16)23-20(14-25)26(21(23)15-27)24(28)18-10-12-30-13-11-18/h2-9,18,20-21,23,27H,10-13,15H2,1H3/t20-,21+,23-/m0/s1. The molecule has 2 aromatic rings. The zero-order valence-electron chi connectivity index (χ0n) is 17.0. The van der Waals surface area contributed by atoms with Crippen LogP contribution >= 0.6 is 0 Å². The molecule has 1 amide bonds. The molecule has 2 aliphatic heterocycles. The average Bonchev–Trinajstić information content (AvgIpc) is 2.80. The molecule has 2 heterocycles. The number of ether oxygens (including phenoxy) is 2. The zero-order chi connectivity index (χ0) is 21.1. The second kappa shape index (κ2) is 8.86. The molecule has 2 aliphatic rings. The quantitative estimate of drug-likeness (QED) is 0.825. The summed E-state index contributed by atoms with van der Waals surface area (Å²) in [6.45, 7) is 0.976. The number of carbonyl (C=O) groups excluding carboxylic acids is 1. The summed E-state index contributed by atoms with van der Waals surface area (Å²) in [4.78, 5) is 14.6. The molecule has 4 rings (SSSR count). The minimum atomic E-state index is -0.561. The molecule has 0 spiro atoms. The molecule has 30 heavy (non-hydrogen) atoms. The summed E-state index contributed by atoms with van der Waals surface area (Å²) in [5.74, 6) is 0.434. The molecule has 2 aromatic carbocycles. The van der Waals surface area contributed by atoms with Crippen LogP contribution in [-0.4, -0.2) is 54.9 Å². The number of benzene rings is 2. The van der Waals surface area contributed by atoms with E-state index in [0.717, 1.165) is 22.4 Å². The first-order valence-electron chi connectivity index (χ1n) is 10.3. The van der Waals surface area contributed by atoms with E-state index in [1.165, 1.54) is 0 Å². The van der Waals surface area contributed by atoms with Gasteiger partial charge in [-0.2, -0.15) is 5.26 Å². The van der Waals surface area contributed by atoms with Crippen LogP contribution in [0.4, 0.5) is 0 Å². The van der Waals surface area contributed by atoms with E-state index in [0.29, 0.717) is 26.1 Å². The number of nitrogens with zero attached hydrogens (tertiary/aromatic N) is 2. The molecule has 0 radical (unpaired) electrons. The van der Waals surface area contributed by atoms with Gasteiger partial charge in [-0.05, 0) is 30.0 Å². The summed E-state index contributed by atoms with van der Waals surface area (Å²) in [7, 11) is 1.65. The molecule has 1 N–H and O–H groups in total. The molecule has 3 atom stereocenters. The van der Waals surface area contributed by atoms with Gasteiger partial charge in [0.1, 0.15) is 11.8 Å². The van der Waals surface area contributed by atoms with Crippen molar-refractivity contribution in [2.24, 2.45) is 5.92 Å². The number of methoxy groups -OCH3 is 1. The van der Waals surface area contributed by atoms with Gasteiger partial charge in [0.25, 0.3) is 0 Å². The SMILES string of the molecule is COc1ccccc1-c1ccc([C@@H]2[C@@H](CO)N(C(=O)C3CCOCC3)[C@H]2C#N)cc1. The second-order valence-corrected chi connectivity index (χ2v) is 7.80. The van der Waals surface area contributed by atoms with E-state index in [9.17, 15) is 15.2 Å². The van der Waals surface area contributed by atoms with Crippen LogP contribution in [0.25, 0.3) is 11.1 Å². The summed E-state index contributed by atoms with van der Waals surface area (Å²) >= 11 is 0. The molecule has 0 aliphatic carbocycles. The summed E-state index contributed by atoms with van der Waals surface area (Å²) in [5, 5.41) is 19.8. The first-order chi connectivity index (χ1) is 14.7. The van der Waals surface area contributed by atoms with Gasteiger partial charge >= 0.3 is 0 Å². The van der Waals surface area contributed by atoms with Gasteiger partial charge in [0.2, 0.25) is 5.91 Å². The predicted octanol–water partition coefficient (Wildman–Crippen LogP) is 2.97. The van der Waals surface area contributed by atoms with Gasteiger partial charge < -0.3 is 19.5 Å². The van der Waals surface area contributed by atoms with Crippen LogP contribution in [0.3, 0.4) is 0 Å². The van der Waals surface area contributed by atoms with E-state index in [4.69, 9.17) is 9.47 Å². The zero-order valence-corrected chi connectivity index (χ0v) is 17.0. The third kappa shape index (κ3) is 3.55. The topological polar surface area (TPSA) is 82.8 Å². The van der Waals surface area contributed by atoms with Crippen molar-refractivity contribution in [1.82, 2.24) is 4.90 Å². The van der Waals surface area contributed by atoms with E-state index in [-0.39, 0.29) is 30.4 Å². The number of carbonyl (C=O) groups is 1. The minimum absolute atomic E-state index is 0.0363. The van der Waals surface area contributed by atoms with Crippen LogP contribution in [0.2, 0.25) is 0 Å². The van der Waals surface area contributed by atoms with E-state index in [1.54, 1.807) is 12.0 Å². The number of rotatable bonds is 5. The smallest absolute Gasteiger partial charge is 0.227 e. The number of para-hydroxylation sites is 1. The fourth-order valence-corrected chi connectivity index (χ4v) is 4.63. The number of nitriles is 1. The molecule has 0 saturated carbocycles. The van der Waals surface area contributed by atoms with Gasteiger partial charge in [-0.25, -0.2) is 0 Å². The largest absolute Gasteiger partial charge is 0.496 e. The lowest BCUT2D eigenvalue weighted by Gasteiger charge is -2.52. The summed E-state index contributed by atoms with van der Waals surface area (Å²) in [5.41, 5.74) is 2.96. The Balaban J connectivity index is 1.56. The Morgan fingerprint density at radius 3 is 2.53 bits per heavy atom. The van der Waals surface area contributed by atoms with E-state index >= 15 is 0 Å². The highest BCUT2D eigenvalue weighted by atomic mass is 16.5. The van der Waals surface area contributed by atoms with Crippen molar-refractivity contribution in [3.63, 3.8) is 0 Å². The molecule has 0 unspecified atom stereocenters. The molecule has 6 heteroatoms. The fraction of sp³-hybridized carbons (Fsp3) is 0.417. The molecular formula is C24H26N2O4. The van der Waals surface area contributed by atoms with E-state index < -0.39 is 6.04 Å². The van der Waals surface area contributed by atoms with Crippen molar-refractivity contribution in [3.8, 4) is 22.9 Å². The maximum atomic E-state index is 13.0. The van der Waals surface area contributed by atoms with Crippen molar-refractivity contribution in [1.29, 1.82) is 5.26 Å². The fourth-order valence-electron chi connectivity index (χ4n) is 4.63. The number of likely N-dealkylation sites (tertiary alicyclic amines) is 1. The summed E-state index contributed by atoms with van der Waals surface area (Å²) in [6.07, 6.45) is 1.34. The molecule has 2 saturated heterocycles. The van der Waals surface area contributed by atoms with Gasteiger partial charge in [-0.3, -0.25) is 4.79 Å². The maximum Gasteiger partial charge on any atom is 0.227 e. The number of amides is 1. The number of aliphatic hydroxyl groups excluding tert-OH is 1. The lowest BCUT2D eigenvalue weighted by Crippen LogP contribution is -2.66. The molecule has 156 valence electrons. The van der Waals surface area contributed by atoms with Crippen LogP contribution < -0.4 is 4.74 Å². The van der Waals surface area contributed by atoms with Crippen LogP contribution in [0.1, 0.15) is 24.3 Å². The van der Waals surface area contributed by atoms with Crippen molar-refractivity contribution in [2.45, 2.75) is 30.8 Å². The second-order valence-electron chi connectivity index (χ2n) is 7.80. The van der Waals surface area contributed by atoms with Gasteiger partial charge in [0, 0.05) is 30.6 Å². The van der Waals surface area contributed by atoms with Gasteiger partial charge in [0.05, 0.1) is 25.8 Å².